The number of rotatable bonds is 10. The maximum absolute atomic E-state index is 10.4. The minimum atomic E-state index is -0.472. The lowest BCUT2D eigenvalue weighted by Crippen LogP contribution is -2.39. The van der Waals surface area contributed by atoms with Crippen LogP contribution in [0.25, 0.3) is 0 Å². The fourth-order valence-electron chi connectivity index (χ4n) is 2.30. The Labute approximate surface area is 136 Å². The van der Waals surface area contributed by atoms with Crippen molar-refractivity contribution in [1.82, 2.24) is 4.90 Å². The number of halogens is 1. The summed E-state index contributed by atoms with van der Waals surface area (Å²) in [6.45, 7) is 5.12. The summed E-state index contributed by atoms with van der Waals surface area (Å²) >= 11 is 3.49. The third-order valence-corrected chi connectivity index (χ3v) is 4.29. The predicted octanol–water partition coefficient (Wildman–Crippen LogP) is 2.86. The molecular weight excluding hydrogens is 334 g/mol. The third kappa shape index (κ3) is 6.45. The quantitative estimate of drug-likeness (QED) is 0.697. The zero-order chi connectivity index (χ0) is 15.7. The zero-order valence-corrected chi connectivity index (χ0v) is 14.7. The second-order valence-corrected chi connectivity index (χ2v) is 6.01. The molecule has 0 fully saturated rings. The lowest BCUT2D eigenvalue weighted by Gasteiger charge is -2.29. The van der Waals surface area contributed by atoms with Crippen molar-refractivity contribution < 1.29 is 14.6 Å². The molecule has 1 rings (SSSR count). The Morgan fingerprint density at radius 3 is 2.52 bits per heavy atom. The van der Waals surface area contributed by atoms with Crippen molar-refractivity contribution in [3.63, 3.8) is 0 Å². The summed E-state index contributed by atoms with van der Waals surface area (Å²) in [6.07, 6.45) is 0.209. The average molecular weight is 360 g/mol. The lowest BCUT2D eigenvalue weighted by atomic mass is 10.1. The molecule has 0 saturated heterocycles. The molecule has 1 aromatic carbocycles. The summed E-state index contributed by atoms with van der Waals surface area (Å²) in [5.74, 6) is 0. The van der Waals surface area contributed by atoms with Crippen molar-refractivity contribution in [2.24, 2.45) is 0 Å². The molecule has 0 saturated carbocycles. The fourth-order valence-corrected chi connectivity index (χ4v) is 2.85. The third-order valence-electron chi connectivity index (χ3n) is 3.57. The van der Waals surface area contributed by atoms with Gasteiger partial charge in [-0.25, -0.2) is 0 Å². The smallest absolute Gasteiger partial charge is 0.0813 e. The van der Waals surface area contributed by atoms with Gasteiger partial charge in [-0.15, -0.1) is 0 Å². The van der Waals surface area contributed by atoms with Crippen LogP contribution in [0.4, 0.5) is 0 Å². The van der Waals surface area contributed by atoms with Crippen molar-refractivity contribution in [2.75, 3.05) is 40.5 Å². The normalized spacial score (nSPS) is 14.4. The summed E-state index contributed by atoms with van der Waals surface area (Å²) in [4.78, 5) is 2.28. The Kier molecular flexibility index (Phi) is 9.11. The van der Waals surface area contributed by atoms with Gasteiger partial charge in [0.15, 0.2) is 0 Å². The number of nitrogens with zero attached hydrogens (tertiary/aromatic N) is 1. The monoisotopic (exact) mass is 359 g/mol. The van der Waals surface area contributed by atoms with E-state index in [1.807, 2.05) is 24.3 Å². The molecule has 0 aliphatic heterocycles. The first-order chi connectivity index (χ1) is 10.1. The maximum Gasteiger partial charge on any atom is 0.0813 e. The molecule has 0 amide bonds. The molecule has 0 radical (unpaired) electrons. The first-order valence-electron chi connectivity index (χ1n) is 7.24. The minimum absolute atomic E-state index is 0.302. The van der Waals surface area contributed by atoms with Gasteiger partial charge in [0, 0.05) is 37.8 Å². The molecule has 21 heavy (non-hydrogen) atoms. The average Bonchev–Trinajstić information content (AvgIpc) is 2.47. The van der Waals surface area contributed by atoms with Crippen LogP contribution in [0.3, 0.4) is 0 Å². The van der Waals surface area contributed by atoms with E-state index < -0.39 is 6.10 Å². The van der Waals surface area contributed by atoms with Crippen molar-refractivity contribution in [2.45, 2.75) is 25.5 Å². The van der Waals surface area contributed by atoms with Crippen LogP contribution in [0.15, 0.2) is 28.7 Å². The lowest BCUT2D eigenvalue weighted by molar-refractivity contribution is 0.0611. The van der Waals surface area contributed by atoms with Gasteiger partial charge in [-0.3, -0.25) is 4.90 Å². The molecule has 5 heteroatoms. The van der Waals surface area contributed by atoms with Gasteiger partial charge >= 0.3 is 0 Å². The van der Waals surface area contributed by atoms with Crippen molar-refractivity contribution in [3.05, 3.63) is 34.3 Å². The second-order valence-electron chi connectivity index (χ2n) is 5.16. The molecule has 1 aromatic rings. The molecule has 0 aromatic heterocycles. The van der Waals surface area contributed by atoms with Crippen LogP contribution in [0.2, 0.25) is 0 Å². The minimum Gasteiger partial charge on any atom is -0.388 e. The number of aliphatic hydroxyl groups is 1. The van der Waals surface area contributed by atoms with Crippen LogP contribution >= 0.6 is 15.9 Å². The van der Waals surface area contributed by atoms with E-state index in [0.717, 1.165) is 23.1 Å². The van der Waals surface area contributed by atoms with E-state index in [0.29, 0.717) is 25.7 Å². The summed E-state index contributed by atoms with van der Waals surface area (Å²) in [7, 11) is 3.41. The summed E-state index contributed by atoms with van der Waals surface area (Å²) in [5, 5.41) is 10.4. The first-order valence-corrected chi connectivity index (χ1v) is 8.03. The molecule has 120 valence electrons. The summed E-state index contributed by atoms with van der Waals surface area (Å²) in [6, 6.07) is 8.10. The van der Waals surface area contributed by atoms with Crippen LogP contribution in [-0.4, -0.2) is 56.6 Å². The second kappa shape index (κ2) is 10.3. The number of hydrogen-bond donors (Lipinski definition) is 1. The topological polar surface area (TPSA) is 41.9 Å². The fraction of sp³-hybridized carbons (Fsp3) is 0.625. The van der Waals surface area contributed by atoms with E-state index in [4.69, 9.17) is 9.47 Å². The van der Waals surface area contributed by atoms with E-state index in [-0.39, 0.29) is 0 Å². The Hall–Kier alpha value is -0.460. The maximum atomic E-state index is 10.4. The molecule has 0 spiro atoms. The van der Waals surface area contributed by atoms with Crippen LogP contribution in [0.1, 0.15) is 25.0 Å². The molecule has 2 atom stereocenters. The first kappa shape index (κ1) is 18.6. The van der Waals surface area contributed by atoms with Gasteiger partial charge in [-0.2, -0.15) is 0 Å². The number of hydrogen-bond acceptors (Lipinski definition) is 4. The van der Waals surface area contributed by atoms with Crippen LogP contribution < -0.4 is 0 Å². The number of aliphatic hydroxyl groups excluding tert-OH is 1. The van der Waals surface area contributed by atoms with Gasteiger partial charge in [0.05, 0.1) is 19.3 Å². The number of ether oxygens (including phenoxy) is 2. The molecular formula is C16H26BrNO3. The Morgan fingerprint density at radius 1 is 1.19 bits per heavy atom. The Bertz CT molecular complexity index is 403. The zero-order valence-electron chi connectivity index (χ0n) is 13.1. The largest absolute Gasteiger partial charge is 0.388 e. The van der Waals surface area contributed by atoms with E-state index in [1.54, 1.807) is 14.2 Å². The predicted molar refractivity (Wildman–Crippen MR) is 88.5 cm³/mol. The highest BCUT2D eigenvalue weighted by Crippen LogP contribution is 2.25. The summed E-state index contributed by atoms with van der Waals surface area (Å²) in [5.41, 5.74) is 0.934. The number of benzene rings is 1. The van der Waals surface area contributed by atoms with Gasteiger partial charge in [0.25, 0.3) is 0 Å². The van der Waals surface area contributed by atoms with Crippen LogP contribution in [0.5, 0.6) is 0 Å². The molecule has 4 nitrogen and oxygen atoms in total. The van der Waals surface area contributed by atoms with E-state index in [1.165, 1.54) is 0 Å². The molecule has 0 heterocycles. The van der Waals surface area contributed by atoms with Crippen molar-refractivity contribution in [3.8, 4) is 0 Å². The van der Waals surface area contributed by atoms with Crippen molar-refractivity contribution in [1.29, 1.82) is 0 Å². The van der Waals surface area contributed by atoms with E-state index in [2.05, 4.69) is 27.8 Å². The highest BCUT2D eigenvalue weighted by atomic mass is 79.9. The van der Waals surface area contributed by atoms with Crippen LogP contribution in [-0.2, 0) is 9.47 Å². The highest BCUT2D eigenvalue weighted by Gasteiger charge is 2.17. The van der Waals surface area contributed by atoms with Crippen molar-refractivity contribution >= 4 is 15.9 Å². The Balaban J connectivity index is 2.56. The van der Waals surface area contributed by atoms with Gasteiger partial charge in [-0.1, -0.05) is 34.1 Å². The Morgan fingerprint density at radius 2 is 1.90 bits per heavy atom. The molecule has 2 unspecified atom stereocenters. The standard InChI is InChI=1S/C16H26BrNO3/c1-13(12-21-3)18(10-11-20-2)9-8-16(19)14-6-4-5-7-15(14)17/h4-7,13,16,19H,8-12H2,1-3H3. The summed E-state index contributed by atoms with van der Waals surface area (Å²) < 4.78 is 11.3. The van der Waals surface area contributed by atoms with Gasteiger partial charge in [0.1, 0.15) is 0 Å². The molecule has 0 bridgehead atoms. The SMILES string of the molecule is COCCN(CCC(O)c1ccccc1Br)C(C)COC. The molecule has 1 N–H and O–H groups in total. The van der Waals surface area contributed by atoms with Gasteiger partial charge in [0.2, 0.25) is 0 Å². The van der Waals surface area contributed by atoms with E-state index in [9.17, 15) is 5.11 Å². The number of methoxy groups -OCH3 is 2. The van der Waals surface area contributed by atoms with Gasteiger partial charge in [-0.05, 0) is 25.0 Å². The highest BCUT2D eigenvalue weighted by molar-refractivity contribution is 9.10. The van der Waals surface area contributed by atoms with E-state index >= 15 is 0 Å². The molecule has 0 aliphatic rings. The van der Waals surface area contributed by atoms with Crippen LogP contribution in [0, 0.1) is 0 Å². The van der Waals surface area contributed by atoms with Gasteiger partial charge < -0.3 is 14.6 Å². The molecule has 0 aliphatic carbocycles.